The SMILES string of the molecule is CCNC(=O)[C@H]1CCCN[C@@H]1C. The molecule has 1 aliphatic heterocycles. The zero-order valence-electron chi connectivity index (χ0n) is 7.89. The van der Waals surface area contributed by atoms with Crippen LogP contribution >= 0.6 is 0 Å². The van der Waals surface area contributed by atoms with E-state index in [0.717, 1.165) is 25.9 Å². The minimum atomic E-state index is 0.179. The lowest BCUT2D eigenvalue weighted by Crippen LogP contribution is -2.46. The Hall–Kier alpha value is -0.570. The number of carbonyl (C=O) groups excluding carboxylic acids is 1. The molecule has 2 N–H and O–H groups in total. The molecule has 1 amide bonds. The summed E-state index contributed by atoms with van der Waals surface area (Å²) >= 11 is 0. The van der Waals surface area contributed by atoms with Crippen molar-refractivity contribution >= 4 is 5.91 Å². The molecule has 1 aliphatic rings. The maximum absolute atomic E-state index is 11.5. The molecule has 0 aromatic rings. The second-order valence-corrected chi connectivity index (χ2v) is 3.39. The van der Waals surface area contributed by atoms with E-state index < -0.39 is 0 Å². The van der Waals surface area contributed by atoms with Crippen LogP contribution in [0.1, 0.15) is 26.7 Å². The van der Waals surface area contributed by atoms with Crippen LogP contribution in [0.3, 0.4) is 0 Å². The third kappa shape index (κ3) is 2.21. The normalized spacial score (nSPS) is 29.8. The number of amides is 1. The van der Waals surface area contributed by atoms with Crippen LogP contribution in [0.2, 0.25) is 0 Å². The Kier molecular flexibility index (Phi) is 3.53. The van der Waals surface area contributed by atoms with Crippen molar-refractivity contribution in [3.8, 4) is 0 Å². The maximum atomic E-state index is 11.5. The summed E-state index contributed by atoms with van der Waals surface area (Å²) in [7, 11) is 0. The molecule has 0 saturated carbocycles. The Morgan fingerprint density at radius 3 is 3.00 bits per heavy atom. The zero-order valence-corrected chi connectivity index (χ0v) is 7.89. The number of hydrogen-bond donors (Lipinski definition) is 2. The van der Waals surface area contributed by atoms with Gasteiger partial charge in [0.2, 0.25) is 5.91 Å². The second kappa shape index (κ2) is 4.45. The summed E-state index contributed by atoms with van der Waals surface area (Å²) < 4.78 is 0. The smallest absolute Gasteiger partial charge is 0.224 e. The Bertz CT molecular complexity index is 159. The van der Waals surface area contributed by atoms with Gasteiger partial charge in [-0.25, -0.2) is 0 Å². The molecule has 0 aromatic heterocycles. The molecule has 1 saturated heterocycles. The molecule has 3 heteroatoms. The lowest BCUT2D eigenvalue weighted by molar-refractivity contribution is -0.126. The van der Waals surface area contributed by atoms with E-state index in [4.69, 9.17) is 0 Å². The standard InChI is InChI=1S/C9H18N2O/c1-3-10-9(12)8-5-4-6-11-7(8)2/h7-8,11H,3-6H2,1-2H3,(H,10,12)/t7-,8+/m1/s1. The fourth-order valence-corrected chi connectivity index (χ4v) is 1.71. The summed E-state index contributed by atoms with van der Waals surface area (Å²) in [5.41, 5.74) is 0. The molecule has 1 fully saturated rings. The first-order valence-electron chi connectivity index (χ1n) is 4.76. The van der Waals surface area contributed by atoms with Crippen molar-refractivity contribution in [2.24, 2.45) is 5.92 Å². The lowest BCUT2D eigenvalue weighted by atomic mass is 9.91. The van der Waals surface area contributed by atoms with E-state index in [1.807, 2.05) is 6.92 Å². The van der Waals surface area contributed by atoms with Gasteiger partial charge in [0, 0.05) is 12.6 Å². The third-order valence-electron chi connectivity index (χ3n) is 2.45. The minimum absolute atomic E-state index is 0.179. The largest absolute Gasteiger partial charge is 0.356 e. The van der Waals surface area contributed by atoms with E-state index in [1.54, 1.807) is 0 Å². The van der Waals surface area contributed by atoms with E-state index in [1.165, 1.54) is 0 Å². The highest BCUT2D eigenvalue weighted by atomic mass is 16.1. The van der Waals surface area contributed by atoms with Crippen LogP contribution < -0.4 is 10.6 Å². The number of piperidine rings is 1. The van der Waals surface area contributed by atoms with E-state index in [9.17, 15) is 4.79 Å². The molecule has 0 unspecified atom stereocenters. The van der Waals surface area contributed by atoms with Crippen LogP contribution in [0.25, 0.3) is 0 Å². The van der Waals surface area contributed by atoms with Gasteiger partial charge in [-0.2, -0.15) is 0 Å². The fraction of sp³-hybridized carbons (Fsp3) is 0.889. The molecule has 12 heavy (non-hydrogen) atoms. The number of rotatable bonds is 2. The quantitative estimate of drug-likeness (QED) is 0.634. The predicted molar refractivity (Wildman–Crippen MR) is 48.9 cm³/mol. The molecule has 70 valence electrons. The molecule has 2 atom stereocenters. The van der Waals surface area contributed by atoms with Gasteiger partial charge in [-0.05, 0) is 33.2 Å². The fourth-order valence-electron chi connectivity index (χ4n) is 1.71. The Labute approximate surface area is 73.9 Å². The van der Waals surface area contributed by atoms with Crippen molar-refractivity contribution < 1.29 is 4.79 Å². The first-order valence-corrected chi connectivity index (χ1v) is 4.76. The molecule has 0 aromatic carbocycles. The van der Waals surface area contributed by atoms with Gasteiger partial charge < -0.3 is 10.6 Å². The highest BCUT2D eigenvalue weighted by Gasteiger charge is 2.26. The van der Waals surface area contributed by atoms with E-state index in [0.29, 0.717) is 6.04 Å². The highest BCUT2D eigenvalue weighted by molar-refractivity contribution is 5.79. The Balaban J connectivity index is 2.42. The molecule has 0 spiro atoms. The van der Waals surface area contributed by atoms with Gasteiger partial charge in [-0.1, -0.05) is 0 Å². The van der Waals surface area contributed by atoms with Crippen molar-refractivity contribution in [2.45, 2.75) is 32.7 Å². The minimum Gasteiger partial charge on any atom is -0.356 e. The Morgan fingerprint density at radius 2 is 2.42 bits per heavy atom. The van der Waals surface area contributed by atoms with Crippen LogP contribution in [-0.4, -0.2) is 25.0 Å². The van der Waals surface area contributed by atoms with Crippen molar-refractivity contribution in [3.63, 3.8) is 0 Å². The van der Waals surface area contributed by atoms with E-state index in [2.05, 4.69) is 17.6 Å². The van der Waals surface area contributed by atoms with Gasteiger partial charge in [0.15, 0.2) is 0 Å². The van der Waals surface area contributed by atoms with E-state index in [-0.39, 0.29) is 11.8 Å². The topological polar surface area (TPSA) is 41.1 Å². The monoisotopic (exact) mass is 170 g/mol. The first kappa shape index (κ1) is 9.52. The second-order valence-electron chi connectivity index (χ2n) is 3.39. The summed E-state index contributed by atoms with van der Waals surface area (Å²) in [5.74, 6) is 0.385. The summed E-state index contributed by atoms with van der Waals surface area (Å²) in [6, 6.07) is 0.338. The average Bonchev–Trinajstić information content (AvgIpc) is 2.05. The van der Waals surface area contributed by atoms with Gasteiger partial charge in [0.25, 0.3) is 0 Å². The van der Waals surface area contributed by atoms with E-state index >= 15 is 0 Å². The molecule has 3 nitrogen and oxygen atoms in total. The summed E-state index contributed by atoms with van der Waals surface area (Å²) in [6.07, 6.45) is 2.14. The predicted octanol–water partition coefficient (Wildman–Crippen LogP) is 0.511. The molecule has 1 rings (SSSR count). The van der Waals surface area contributed by atoms with Gasteiger partial charge in [-0.15, -0.1) is 0 Å². The summed E-state index contributed by atoms with van der Waals surface area (Å²) in [4.78, 5) is 11.5. The van der Waals surface area contributed by atoms with Crippen LogP contribution in [0.15, 0.2) is 0 Å². The summed E-state index contributed by atoms with van der Waals surface area (Å²) in [5, 5.41) is 6.18. The molecule has 1 heterocycles. The average molecular weight is 170 g/mol. The number of hydrogen-bond acceptors (Lipinski definition) is 2. The third-order valence-corrected chi connectivity index (χ3v) is 2.45. The Morgan fingerprint density at radius 1 is 1.67 bits per heavy atom. The first-order chi connectivity index (χ1) is 5.75. The maximum Gasteiger partial charge on any atom is 0.224 e. The van der Waals surface area contributed by atoms with Gasteiger partial charge in [0.05, 0.1) is 5.92 Å². The molecular formula is C9H18N2O. The van der Waals surface area contributed by atoms with Crippen LogP contribution in [0.4, 0.5) is 0 Å². The van der Waals surface area contributed by atoms with Crippen molar-refractivity contribution in [2.75, 3.05) is 13.1 Å². The summed E-state index contributed by atoms with van der Waals surface area (Å²) in [6.45, 7) is 5.83. The van der Waals surface area contributed by atoms with Crippen molar-refractivity contribution in [3.05, 3.63) is 0 Å². The molecule has 0 aliphatic carbocycles. The highest BCUT2D eigenvalue weighted by Crippen LogP contribution is 2.15. The van der Waals surface area contributed by atoms with Crippen LogP contribution in [0, 0.1) is 5.92 Å². The van der Waals surface area contributed by atoms with Crippen LogP contribution in [0.5, 0.6) is 0 Å². The van der Waals surface area contributed by atoms with Crippen LogP contribution in [-0.2, 0) is 4.79 Å². The van der Waals surface area contributed by atoms with Gasteiger partial charge in [0.1, 0.15) is 0 Å². The zero-order chi connectivity index (χ0) is 8.97. The molecule has 0 radical (unpaired) electrons. The van der Waals surface area contributed by atoms with Crippen molar-refractivity contribution in [1.82, 2.24) is 10.6 Å². The van der Waals surface area contributed by atoms with Gasteiger partial charge in [-0.3, -0.25) is 4.79 Å². The molecule has 0 bridgehead atoms. The van der Waals surface area contributed by atoms with Crippen molar-refractivity contribution in [1.29, 1.82) is 0 Å². The van der Waals surface area contributed by atoms with Gasteiger partial charge >= 0.3 is 0 Å². The number of nitrogens with one attached hydrogen (secondary N) is 2. The number of carbonyl (C=O) groups is 1. The molecular weight excluding hydrogens is 152 g/mol. The lowest BCUT2D eigenvalue weighted by Gasteiger charge is -2.28.